The SMILES string of the molecule is CC[C@H]1OC(=O)[C@H](C)[C@@H](O[C@H]2C[C@@](C)(OC)[C@@H](O)[C@H](C)O2)[C@H](C)[C@@H](O[C@@H]2O[C@H](C)C[C@H](N(C)C)[C@H]2O)[C@@](C)(O)C[C@@H](C)[C@@H]2N[C@@H](COCCOC)O[C@@H]([C@H]2C)[C@]1(C)O. The van der Waals surface area contributed by atoms with Crippen LogP contribution in [0.1, 0.15) is 94.9 Å². The summed E-state index contributed by atoms with van der Waals surface area (Å²) >= 11 is 0. The van der Waals surface area contributed by atoms with Crippen molar-refractivity contribution in [3.05, 3.63) is 0 Å². The van der Waals surface area contributed by atoms with Gasteiger partial charge in [0.05, 0.1) is 67.5 Å². The lowest BCUT2D eigenvalue weighted by Gasteiger charge is -2.52. The molecule has 4 fully saturated rings. The van der Waals surface area contributed by atoms with Gasteiger partial charge in [0.2, 0.25) is 0 Å². The average Bonchev–Trinajstić information content (AvgIpc) is 3.15. The molecule has 4 rings (SSSR count). The number of carbonyl (C=O) groups excluding carboxylic acids is 1. The van der Waals surface area contributed by atoms with Gasteiger partial charge < -0.3 is 68.0 Å². The summed E-state index contributed by atoms with van der Waals surface area (Å²) in [6, 6.07) is -0.593. The van der Waals surface area contributed by atoms with Gasteiger partial charge in [-0.15, -0.1) is 0 Å². The van der Waals surface area contributed by atoms with Crippen molar-refractivity contribution in [1.82, 2.24) is 10.2 Å². The van der Waals surface area contributed by atoms with E-state index in [1.807, 2.05) is 53.6 Å². The van der Waals surface area contributed by atoms with Crippen LogP contribution in [0, 0.1) is 23.7 Å². The Labute approximate surface area is 346 Å². The molecule has 0 unspecified atom stereocenters. The molecular weight excluding hydrogens is 756 g/mol. The van der Waals surface area contributed by atoms with Crippen molar-refractivity contribution in [3.63, 3.8) is 0 Å². The molecule has 0 aromatic carbocycles. The van der Waals surface area contributed by atoms with Gasteiger partial charge in [0.25, 0.3) is 0 Å². The van der Waals surface area contributed by atoms with E-state index in [9.17, 15) is 25.2 Å². The third-order valence-corrected chi connectivity index (χ3v) is 13.5. The molecule has 4 heterocycles. The number of hydrogen-bond acceptors (Lipinski definition) is 16. The van der Waals surface area contributed by atoms with E-state index >= 15 is 0 Å². The van der Waals surface area contributed by atoms with Gasteiger partial charge in [0.1, 0.15) is 30.1 Å². The van der Waals surface area contributed by atoms with Crippen LogP contribution in [0.3, 0.4) is 0 Å². The smallest absolute Gasteiger partial charge is 0.311 e. The van der Waals surface area contributed by atoms with Crippen molar-refractivity contribution < 1.29 is 67.9 Å². The maximum absolute atomic E-state index is 14.5. The summed E-state index contributed by atoms with van der Waals surface area (Å²) in [7, 11) is 6.90. The van der Waals surface area contributed by atoms with Crippen LogP contribution in [0.5, 0.6) is 0 Å². The molecule has 0 aromatic rings. The Bertz CT molecular complexity index is 1290. The Morgan fingerprint density at radius 3 is 2.19 bits per heavy atom. The topological polar surface area (TPSA) is 196 Å². The minimum Gasteiger partial charge on any atom is -0.459 e. The lowest BCUT2D eigenvalue weighted by Crippen LogP contribution is -2.67. The number of aliphatic hydroxyl groups is 4. The molecule has 2 bridgehead atoms. The summed E-state index contributed by atoms with van der Waals surface area (Å²) in [6.07, 6.45) is -8.29. The van der Waals surface area contributed by atoms with Gasteiger partial charge in [0.15, 0.2) is 12.6 Å². The van der Waals surface area contributed by atoms with E-state index in [4.69, 9.17) is 42.6 Å². The first-order chi connectivity index (χ1) is 27.0. The quantitative estimate of drug-likeness (QED) is 0.142. The highest BCUT2D eigenvalue weighted by molar-refractivity contribution is 5.73. The molecular formula is C42H78N2O14. The van der Waals surface area contributed by atoms with E-state index in [1.54, 1.807) is 41.7 Å². The maximum Gasteiger partial charge on any atom is 0.311 e. The van der Waals surface area contributed by atoms with E-state index in [2.05, 4.69) is 5.32 Å². The molecule has 0 radical (unpaired) electrons. The van der Waals surface area contributed by atoms with Crippen molar-refractivity contribution in [1.29, 1.82) is 0 Å². The number of likely N-dealkylation sites (N-methyl/N-ethyl adjacent to an activating group) is 1. The first-order valence-electron chi connectivity index (χ1n) is 21.4. The van der Waals surface area contributed by atoms with E-state index in [0.29, 0.717) is 19.6 Å². The van der Waals surface area contributed by atoms with Gasteiger partial charge in [-0.05, 0) is 80.8 Å². The number of rotatable bonds is 12. The number of aliphatic hydroxyl groups excluding tert-OH is 2. The molecule has 16 nitrogen and oxygen atoms in total. The molecule has 4 aliphatic heterocycles. The highest BCUT2D eigenvalue weighted by Gasteiger charge is 2.55. The second-order valence-corrected chi connectivity index (χ2v) is 18.6. The Hall–Kier alpha value is -1.09. The molecule has 20 atom stereocenters. The van der Waals surface area contributed by atoms with Crippen LogP contribution in [-0.4, -0.2) is 176 Å². The summed E-state index contributed by atoms with van der Waals surface area (Å²) in [6.45, 7) is 19.1. The zero-order valence-electron chi connectivity index (χ0n) is 37.6. The average molecular weight is 835 g/mol. The van der Waals surface area contributed by atoms with Crippen LogP contribution < -0.4 is 5.32 Å². The van der Waals surface area contributed by atoms with Gasteiger partial charge >= 0.3 is 5.97 Å². The number of methoxy groups -OCH3 is 2. The summed E-state index contributed by atoms with van der Waals surface area (Å²) in [5.41, 5.74) is -4.27. The summed E-state index contributed by atoms with van der Waals surface area (Å²) < 4.78 is 55.7. The minimum absolute atomic E-state index is 0.137. The van der Waals surface area contributed by atoms with Crippen LogP contribution in [0.2, 0.25) is 0 Å². The maximum atomic E-state index is 14.5. The molecule has 0 amide bonds. The zero-order valence-corrected chi connectivity index (χ0v) is 37.6. The molecule has 0 aromatic heterocycles. The van der Waals surface area contributed by atoms with E-state index in [-0.39, 0.29) is 55.9 Å². The Balaban J connectivity index is 1.83. The Morgan fingerprint density at radius 1 is 0.914 bits per heavy atom. The largest absolute Gasteiger partial charge is 0.459 e. The summed E-state index contributed by atoms with van der Waals surface area (Å²) in [5.74, 6) is -2.95. The third-order valence-electron chi connectivity index (χ3n) is 13.5. The number of esters is 1. The molecule has 340 valence electrons. The summed E-state index contributed by atoms with van der Waals surface area (Å²) in [5, 5.41) is 51.5. The predicted octanol–water partition coefficient (Wildman–Crippen LogP) is 2.20. The molecule has 4 saturated heterocycles. The van der Waals surface area contributed by atoms with Crippen molar-refractivity contribution in [2.24, 2.45) is 23.7 Å². The molecule has 16 heteroatoms. The Morgan fingerprint density at radius 2 is 1.59 bits per heavy atom. The fraction of sp³-hybridized carbons (Fsp3) is 0.976. The lowest BCUT2D eigenvalue weighted by molar-refractivity contribution is -0.318. The van der Waals surface area contributed by atoms with Gasteiger partial charge in [-0.3, -0.25) is 10.1 Å². The summed E-state index contributed by atoms with van der Waals surface area (Å²) in [4.78, 5) is 16.4. The fourth-order valence-corrected chi connectivity index (χ4v) is 10.0. The van der Waals surface area contributed by atoms with E-state index < -0.39 is 96.1 Å². The fourth-order valence-electron chi connectivity index (χ4n) is 10.0. The molecule has 5 N–H and O–H groups in total. The number of nitrogens with one attached hydrogen (secondary N) is 1. The van der Waals surface area contributed by atoms with Gasteiger partial charge in [-0.1, -0.05) is 27.7 Å². The van der Waals surface area contributed by atoms with Crippen LogP contribution in [0.25, 0.3) is 0 Å². The van der Waals surface area contributed by atoms with Gasteiger partial charge in [0, 0.05) is 44.6 Å². The zero-order chi connectivity index (χ0) is 43.5. The number of carbonyl (C=O) groups is 1. The van der Waals surface area contributed by atoms with Crippen molar-refractivity contribution in [2.75, 3.05) is 48.1 Å². The molecule has 4 aliphatic rings. The van der Waals surface area contributed by atoms with Gasteiger partial charge in [-0.25, -0.2) is 0 Å². The van der Waals surface area contributed by atoms with Crippen molar-refractivity contribution >= 4 is 5.97 Å². The predicted molar refractivity (Wildman–Crippen MR) is 214 cm³/mol. The Kier molecular flexibility index (Phi) is 17.4. The van der Waals surface area contributed by atoms with Crippen molar-refractivity contribution in [2.45, 2.75) is 191 Å². The van der Waals surface area contributed by atoms with Crippen LogP contribution >= 0.6 is 0 Å². The number of cyclic esters (lactones) is 1. The molecule has 0 aliphatic carbocycles. The van der Waals surface area contributed by atoms with E-state index in [1.165, 1.54) is 7.11 Å². The molecule has 0 saturated carbocycles. The lowest BCUT2D eigenvalue weighted by atomic mass is 9.71. The van der Waals surface area contributed by atoms with Crippen LogP contribution in [0.15, 0.2) is 0 Å². The van der Waals surface area contributed by atoms with Crippen LogP contribution in [0.4, 0.5) is 0 Å². The first-order valence-corrected chi connectivity index (χ1v) is 21.4. The minimum atomic E-state index is -1.64. The number of ether oxygens (including phenoxy) is 9. The van der Waals surface area contributed by atoms with Crippen molar-refractivity contribution in [3.8, 4) is 0 Å². The second kappa shape index (κ2) is 20.4. The number of nitrogens with zero attached hydrogens (tertiary/aromatic N) is 1. The highest BCUT2D eigenvalue weighted by Crippen LogP contribution is 2.43. The molecule has 0 spiro atoms. The van der Waals surface area contributed by atoms with Gasteiger partial charge in [-0.2, -0.15) is 0 Å². The normalized spacial score (nSPS) is 48.7. The first kappa shape index (κ1) is 49.6. The molecule has 58 heavy (non-hydrogen) atoms. The highest BCUT2D eigenvalue weighted by atomic mass is 16.7. The van der Waals surface area contributed by atoms with E-state index in [0.717, 1.165) is 0 Å². The monoisotopic (exact) mass is 835 g/mol. The number of fused-ring (bicyclic) bond motifs is 2. The second-order valence-electron chi connectivity index (χ2n) is 18.6. The standard InChI is InChI=1S/C42H78N2O14/c1-15-29-42(10,49)37-24(4)32(43-30(56-37)21-52-17-16-50-13)22(2)19-40(8,48)36(58-39-33(45)28(44(11)12)18-23(3)53-39)25(5)34(26(6)38(47)55-29)57-31-20-41(9,51-14)35(46)27(7)54-31/h22-37,39,43,45-46,48-49H,15-21H2,1-14H3/t22-,23-,24+,25+,26-,27+,28+,29-,30-,31+,32+,33-,34+,35+,36-,37+,39+,40+,41-,42-/m1/s1. The third kappa shape index (κ3) is 11.1. The number of hydrogen-bond donors (Lipinski definition) is 5. The van der Waals surface area contributed by atoms with Crippen LogP contribution in [-0.2, 0) is 47.4 Å².